The second-order valence-corrected chi connectivity index (χ2v) is 4.83. The summed E-state index contributed by atoms with van der Waals surface area (Å²) in [6.45, 7) is 7.21. The summed E-state index contributed by atoms with van der Waals surface area (Å²) in [6.07, 6.45) is 4.58. The Morgan fingerprint density at radius 1 is 1.10 bits per heavy atom. The monoisotopic (exact) mass is 271 g/mol. The Morgan fingerprint density at radius 2 is 1.80 bits per heavy atom. The summed E-state index contributed by atoms with van der Waals surface area (Å²) in [7, 11) is 0. The lowest BCUT2D eigenvalue weighted by molar-refractivity contribution is 0.475. The molecule has 0 spiro atoms. The summed E-state index contributed by atoms with van der Waals surface area (Å²) in [5.41, 5.74) is 1.99. The first-order chi connectivity index (χ1) is 9.69. The Labute approximate surface area is 120 Å². The van der Waals surface area contributed by atoms with Crippen LogP contribution in [0.5, 0.6) is 11.5 Å². The molecule has 1 N–H and O–H groups in total. The van der Waals surface area contributed by atoms with Crippen molar-refractivity contribution < 1.29 is 4.74 Å². The van der Waals surface area contributed by atoms with Gasteiger partial charge in [-0.15, -0.1) is 0 Å². The average molecular weight is 271 g/mol. The normalized spacial score (nSPS) is 12.2. The molecule has 0 saturated heterocycles. The molecule has 1 unspecified atom stereocenters. The van der Waals surface area contributed by atoms with Crippen LogP contribution in [0.4, 0.5) is 0 Å². The third-order valence-electron chi connectivity index (χ3n) is 3.02. The summed E-state index contributed by atoms with van der Waals surface area (Å²) in [4.78, 5) is 8.64. The van der Waals surface area contributed by atoms with Crippen LogP contribution >= 0.6 is 0 Å². The quantitative estimate of drug-likeness (QED) is 0.871. The lowest BCUT2D eigenvalue weighted by Crippen LogP contribution is -2.20. The van der Waals surface area contributed by atoms with E-state index in [1.807, 2.05) is 31.2 Å². The van der Waals surface area contributed by atoms with Gasteiger partial charge in [-0.1, -0.05) is 6.92 Å². The molecule has 0 amide bonds. The molecule has 2 aromatic rings. The fourth-order valence-electron chi connectivity index (χ4n) is 1.82. The summed E-state index contributed by atoms with van der Waals surface area (Å²) in [5, 5.41) is 3.41. The number of pyridine rings is 2. The molecule has 2 aromatic heterocycles. The topological polar surface area (TPSA) is 47.0 Å². The summed E-state index contributed by atoms with van der Waals surface area (Å²) >= 11 is 0. The zero-order chi connectivity index (χ0) is 14.4. The van der Waals surface area contributed by atoms with Gasteiger partial charge in [-0.05, 0) is 51.1 Å². The van der Waals surface area contributed by atoms with Crippen molar-refractivity contribution in [3.05, 3.63) is 48.0 Å². The molecule has 2 heterocycles. The van der Waals surface area contributed by atoms with E-state index in [1.165, 1.54) is 0 Å². The van der Waals surface area contributed by atoms with Crippen molar-refractivity contribution in [1.82, 2.24) is 15.3 Å². The number of hydrogen-bond acceptors (Lipinski definition) is 4. The van der Waals surface area contributed by atoms with E-state index in [-0.39, 0.29) is 6.04 Å². The highest BCUT2D eigenvalue weighted by Gasteiger charge is 2.06. The van der Waals surface area contributed by atoms with Crippen LogP contribution in [0.2, 0.25) is 0 Å². The van der Waals surface area contributed by atoms with Gasteiger partial charge in [0.15, 0.2) is 0 Å². The van der Waals surface area contributed by atoms with Crippen molar-refractivity contribution >= 4 is 0 Å². The van der Waals surface area contributed by atoms with Crippen LogP contribution in [0.15, 0.2) is 36.7 Å². The van der Waals surface area contributed by atoms with E-state index in [9.17, 15) is 0 Å². The molecule has 0 aliphatic heterocycles. The van der Waals surface area contributed by atoms with E-state index in [0.717, 1.165) is 35.9 Å². The maximum Gasteiger partial charge on any atom is 0.145 e. The van der Waals surface area contributed by atoms with Gasteiger partial charge in [0.05, 0.1) is 18.1 Å². The number of hydrogen-bond donors (Lipinski definition) is 1. The predicted octanol–water partition coefficient (Wildman–Crippen LogP) is 3.64. The van der Waals surface area contributed by atoms with Crippen LogP contribution in [0.1, 0.15) is 37.7 Å². The van der Waals surface area contributed by atoms with Crippen molar-refractivity contribution in [2.24, 2.45) is 0 Å². The van der Waals surface area contributed by atoms with Gasteiger partial charge in [-0.25, -0.2) is 0 Å². The molecule has 106 valence electrons. The standard InChI is InChI=1S/C16H21N3O/c1-4-9-17-13(3)16-8-7-15(11-19-16)20-14-6-5-12(2)18-10-14/h5-8,10-11,13,17H,4,9H2,1-3H3. The first-order valence-corrected chi connectivity index (χ1v) is 6.99. The number of rotatable bonds is 6. The average Bonchev–Trinajstić information content (AvgIpc) is 2.48. The second kappa shape index (κ2) is 7.01. The maximum atomic E-state index is 5.70. The molecule has 4 heteroatoms. The number of aryl methyl sites for hydroxylation is 1. The molecule has 0 bridgehead atoms. The highest BCUT2D eigenvalue weighted by atomic mass is 16.5. The Kier molecular flexibility index (Phi) is 5.07. The molecule has 2 rings (SSSR count). The molecular formula is C16H21N3O. The van der Waals surface area contributed by atoms with Gasteiger partial charge < -0.3 is 10.1 Å². The van der Waals surface area contributed by atoms with E-state index in [4.69, 9.17) is 4.74 Å². The van der Waals surface area contributed by atoms with Crippen molar-refractivity contribution in [1.29, 1.82) is 0 Å². The third kappa shape index (κ3) is 4.03. The van der Waals surface area contributed by atoms with Crippen LogP contribution in [0.25, 0.3) is 0 Å². The Hall–Kier alpha value is -1.94. The van der Waals surface area contributed by atoms with E-state index < -0.39 is 0 Å². The highest BCUT2D eigenvalue weighted by molar-refractivity contribution is 5.29. The largest absolute Gasteiger partial charge is 0.454 e. The molecule has 0 aromatic carbocycles. The van der Waals surface area contributed by atoms with Crippen molar-refractivity contribution in [3.63, 3.8) is 0 Å². The number of nitrogens with zero attached hydrogens (tertiary/aromatic N) is 2. The zero-order valence-corrected chi connectivity index (χ0v) is 12.3. The molecule has 0 aliphatic carbocycles. The number of aromatic nitrogens is 2. The zero-order valence-electron chi connectivity index (χ0n) is 12.3. The van der Waals surface area contributed by atoms with Crippen LogP contribution in [-0.2, 0) is 0 Å². The summed E-state index contributed by atoms with van der Waals surface area (Å²) in [6, 6.07) is 8.01. The van der Waals surface area contributed by atoms with Gasteiger partial charge in [0.25, 0.3) is 0 Å². The van der Waals surface area contributed by atoms with Crippen molar-refractivity contribution in [2.75, 3.05) is 6.54 Å². The minimum Gasteiger partial charge on any atom is -0.454 e. The molecule has 0 aliphatic rings. The van der Waals surface area contributed by atoms with Crippen LogP contribution in [0.3, 0.4) is 0 Å². The van der Waals surface area contributed by atoms with Crippen LogP contribution in [-0.4, -0.2) is 16.5 Å². The van der Waals surface area contributed by atoms with Crippen LogP contribution < -0.4 is 10.1 Å². The number of ether oxygens (including phenoxy) is 1. The first kappa shape index (κ1) is 14.5. The van der Waals surface area contributed by atoms with Gasteiger partial charge in [0.2, 0.25) is 0 Å². The Morgan fingerprint density at radius 3 is 2.35 bits per heavy atom. The molecule has 1 atom stereocenters. The molecule has 0 radical (unpaired) electrons. The third-order valence-corrected chi connectivity index (χ3v) is 3.02. The lowest BCUT2D eigenvalue weighted by Gasteiger charge is -2.13. The van der Waals surface area contributed by atoms with Crippen LogP contribution in [0, 0.1) is 6.92 Å². The van der Waals surface area contributed by atoms with E-state index >= 15 is 0 Å². The van der Waals surface area contributed by atoms with Crippen molar-refractivity contribution in [2.45, 2.75) is 33.2 Å². The van der Waals surface area contributed by atoms with E-state index in [1.54, 1.807) is 12.4 Å². The van der Waals surface area contributed by atoms with Gasteiger partial charge in [0, 0.05) is 11.7 Å². The van der Waals surface area contributed by atoms with E-state index in [0.29, 0.717) is 0 Å². The Bertz CT molecular complexity index is 522. The Balaban J connectivity index is 1.99. The minimum absolute atomic E-state index is 0.255. The fraction of sp³-hybridized carbons (Fsp3) is 0.375. The lowest BCUT2D eigenvalue weighted by atomic mass is 10.2. The van der Waals surface area contributed by atoms with Gasteiger partial charge in [0.1, 0.15) is 11.5 Å². The molecule has 4 nitrogen and oxygen atoms in total. The smallest absolute Gasteiger partial charge is 0.145 e. The molecule has 20 heavy (non-hydrogen) atoms. The van der Waals surface area contributed by atoms with Gasteiger partial charge in [-0.3, -0.25) is 9.97 Å². The second-order valence-electron chi connectivity index (χ2n) is 4.83. The maximum absolute atomic E-state index is 5.70. The first-order valence-electron chi connectivity index (χ1n) is 6.99. The minimum atomic E-state index is 0.255. The van der Waals surface area contributed by atoms with Gasteiger partial charge >= 0.3 is 0 Å². The van der Waals surface area contributed by atoms with Gasteiger partial charge in [-0.2, -0.15) is 0 Å². The summed E-state index contributed by atoms with van der Waals surface area (Å²) < 4.78 is 5.70. The highest BCUT2D eigenvalue weighted by Crippen LogP contribution is 2.21. The SMILES string of the molecule is CCCNC(C)c1ccc(Oc2ccc(C)nc2)cn1. The molecular weight excluding hydrogens is 250 g/mol. The molecule has 0 fully saturated rings. The predicted molar refractivity (Wildman–Crippen MR) is 80.0 cm³/mol. The summed E-state index contributed by atoms with van der Waals surface area (Å²) in [5.74, 6) is 1.45. The van der Waals surface area contributed by atoms with Crippen molar-refractivity contribution in [3.8, 4) is 11.5 Å². The number of nitrogens with one attached hydrogen (secondary N) is 1. The molecule has 0 saturated carbocycles. The fourth-order valence-corrected chi connectivity index (χ4v) is 1.82. The van der Waals surface area contributed by atoms with E-state index in [2.05, 4.69) is 29.1 Å².